The van der Waals surface area contributed by atoms with Crippen molar-refractivity contribution in [2.75, 3.05) is 19.8 Å². The number of benzene rings is 1. The second kappa shape index (κ2) is 6.90. The molecule has 1 heterocycles. The molecule has 1 aliphatic heterocycles. The lowest BCUT2D eigenvalue weighted by Gasteiger charge is -2.17. The molecule has 3 nitrogen and oxygen atoms in total. The van der Waals surface area contributed by atoms with Crippen molar-refractivity contribution in [2.45, 2.75) is 25.8 Å². The number of hydrogen-bond donors (Lipinski definition) is 1. The van der Waals surface area contributed by atoms with Crippen molar-refractivity contribution in [3.8, 4) is 0 Å². The number of ketones is 1. The van der Waals surface area contributed by atoms with Gasteiger partial charge in [-0.2, -0.15) is 0 Å². The molecule has 1 aromatic rings. The third-order valence-electron chi connectivity index (χ3n) is 3.55. The summed E-state index contributed by atoms with van der Waals surface area (Å²) in [5.74, 6) is -2.25. The topological polar surface area (TPSA) is 38.3 Å². The third kappa shape index (κ3) is 3.41. The van der Waals surface area contributed by atoms with Gasteiger partial charge in [-0.15, -0.1) is 0 Å². The Morgan fingerprint density at radius 1 is 1.40 bits per heavy atom. The summed E-state index contributed by atoms with van der Waals surface area (Å²) in [5.41, 5.74) is 0.108. The molecule has 2 rings (SSSR count). The van der Waals surface area contributed by atoms with Gasteiger partial charge in [-0.25, -0.2) is 8.78 Å². The van der Waals surface area contributed by atoms with E-state index in [2.05, 4.69) is 5.32 Å². The number of Topliss-reactive ketones (excluding diaryl/α,β-unsaturated/α-hetero) is 1. The quantitative estimate of drug-likeness (QED) is 0.869. The van der Waals surface area contributed by atoms with Crippen LogP contribution < -0.4 is 5.32 Å². The monoisotopic (exact) mass is 283 g/mol. The lowest BCUT2D eigenvalue weighted by Crippen LogP contribution is -2.40. The Hall–Kier alpha value is -1.33. The molecule has 0 saturated carbocycles. The zero-order valence-corrected chi connectivity index (χ0v) is 11.5. The van der Waals surface area contributed by atoms with Gasteiger partial charge < -0.3 is 10.1 Å². The van der Waals surface area contributed by atoms with Gasteiger partial charge in [0.05, 0.1) is 19.1 Å². The van der Waals surface area contributed by atoms with Crippen LogP contribution >= 0.6 is 0 Å². The molecule has 0 radical (unpaired) electrons. The van der Waals surface area contributed by atoms with Crippen molar-refractivity contribution >= 4 is 5.78 Å². The Morgan fingerprint density at radius 2 is 2.20 bits per heavy atom. The molecular formula is C15H19F2NO2. The molecule has 1 aliphatic rings. The maximum absolute atomic E-state index is 13.6. The predicted molar refractivity (Wildman–Crippen MR) is 71.5 cm³/mol. The van der Waals surface area contributed by atoms with Gasteiger partial charge >= 0.3 is 0 Å². The largest absolute Gasteiger partial charge is 0.379 e. The molecule has 0 aromatic heterocycles. The lowest BCUT2D eigenvalue weighted by molar-refractivity contribution is -0.122. The van der Waals surface area contributed by atoms with E-state index in [1.807, 2.05) is 6.92 Å². The average Bonchev–Trinajstić information content (AvgIpc) is 2.90. The molecule has 0 amide bonds. The molecule has 5 heteroatoms. The Balaban J connectivity index is 2.02. The second-order valence-corrected chi connectivity index (χ2v) is 5.06. The Kier molecular flexibility index (Phi) is 5.20. The second-order valence-electron chi connectivity index (χ2n) is 5.06. The van der Waals surface area contributed by atoms with Crippen molar-refractivity contribution in [1.82, 2.24) is 5.32 Å². The highest BCUT2D eigenvalue weighted by Crippen LogP contribution is 2.19. The van der Waals surface area contributed by atoms with E-state index in [0.717, 1.165) is 19.0 Å². The summed E-state index contributed by atoms with van der Waals surface area (Å²) in [5, 5.41) is 3.26. The van der Waals surface area contributed by atoms with Gasteiger partial charge in [-0.05, 0) is 24.6 Å². The van der Waals surface area contributed by atoms with Gasteiger partial charge in [0, 0.05) is 12.5 Å². The number of nitrogens with one attached hydrogen (secondary N) is 1. The van der Waals surface area contributed by atoms with Gasteiger partial charge in [0.2, 0.25) is 0 Å². The number of rotatable bonds is 6. The Morgan fingerprint density at radius 3 is 2.95 bits per heavy atom. The highest BCUT2D eigenvalue weighted by molar-refractivity contribution is 5.84. The van der Waals surface area contributed by atoms with Crippen molar-refractivity contribution in [1.29, 1.82) is 0 Å². The summed E-state index contributed by atoms with van der Waals surface area (Å²) in [7, 11) is 0. The van der Waals surface area contributed by atoms with Crippen molar-refractivity contribution in [3.05, 3.63) is 35.4 Å². The van der Waals surface area contributed by atoms with Gasteiger partial charge in [0.1, 0.15) is 5.78 Å². The summed E-state index contributed by atoms with van der Waals surface area (Å²) >= 11 is 0. The first-order valence-electron chi connectivity index (χ1n) is 6.90. The molecule has 1 aromatic carbocycles. The van der Waals surface area contributed by atoms with E-state index in [4.69, 9.17) is 4.74 Å². The van der Waals surface area contributed by atoms with Crippen LogP contribution in [0.1, 0.15) is 18.9 Å². The fourth-order valence-electron chi connectivity index (χ4n) is 2.41. The van der Waals surface area contributed by atoms with Crippen LogP contribution in [0.5, 0.6) is 0 Å². The zero-order valence-electron chi connectivity index (χ0n) is 11.5. The minimum atomic E-state index is -0.933. The molecule has 0 aliphatic carbocycles. The number of ether oxygens (including phenoxy) is 1. The first-order valence-corrected chi connectivity index (χ1v) is 6.90. The van der Waals surface area contributed by atoms with Crippen LogP contribution in [-0.2, 0) is 16.0 Å². The molecule has 20 heavy (non-hydrogen) atoms. The standard InChI is InChI=1S/C15H19F2NO2/c1-2-6-18-13-9-20-8-11(13)14(19)7-10-4-3-5-12(16)15(10)17/h3-5,11,13,18H,2,6-9H2,1H3. The van der Waals surface area contributed by atoms with E-state index in [-0.39, 0.29) is 29.7 Å². The summed E-state index contributed by atoms with van der Waals surface area (Å²) in [6.07, 6.45) is 0.873. The number of hydrogen-bond acceptors (Lipinski definition) is 3. The van der Waals surface area contributed by atoms with E-state index in [0.29, 0.717) is 13.2 Å². The van der Waals surface area contributed by atoms with Crippen LogP contribution in [0.25, 0.3) is 0 Å². The van der Waals surface area contributed by atoms with E-state index < -0.39 is 11.6 Å². The SMILES string of the molecule is CCCNC1COCC1C(=O)Cc1cccc(F)c1F. The molecule has 0 spiro atoms. The molecular weight excluding hydrogens is 264 g/mol. The van der Waals surface area contributed by atoms with E-state index in [1.165, 1.54) is 12.1 Å². The Bertz CT molecular complexity index is 479. The number of carbonyl (C=O) groups is 1. The van der Waals surface area contributed by atoms with Crippen LogP contribution in [0.3, 0.4) is 0 Å². The minimum Gasteiger partial charge on any atom is -0.379 e. The molecule has 2 unspecified atom stereocenters. The number of carbonyl (C=O) groups excluding carboxylic acids is 1. The summed E-state index contributed by atoms with van der Waals surface area (Å²) in [4.78, 5) is 12.2. The molecule has 1 fully saturated rings. The Labute approximate surface area is 117 Å². The highest BCUT2D eigenvalue weighted by Gasteiger charge is 2.33. The van der Waals surface area contributed by atoms with Gasteiger partial charge in [-0.3, -0.25) is 4.79 Å². The first-order chi connectivity index (χ1) is 9.63. The van der Waals surface area contributed by atoms with Crippen molar-refractivity contribution in [3.63, 3.8) is 0 Å². The molecule has 1 N–H and O–H groups in total. The normalized spacial score (nSPS) is 22.1. The van der Waals surface area contributed by atoms with Gasteiger partial charge in [-0.1, -0.05) is 19.1 Å². The summed E-state index contributed by atoms with van der Waals surface area (Å²) in [6, 6.07) is 3.88. The van der Waals surface area contributed by atoms with E-state index in [9.17, 15) is 13.6 Å². The van der Waals surface area contributed by atoms with Crippen LogP contribution in [0.4, 0.5) is 8.78 Å². The van der Waals surface area contributed by atoms with Crippen LogP contribution in [-0.4, -0.2) is 31.6 Å². The molecule has 0 bridgehead atoms. The van der Waals surface area contributed by atoms with Crippen LogP contribution in [0.15, 0.2) is 18.2 Å². The van der Waals surface area contributed by atoms with Crippen LogP contribution in [0, 0.1) is 17.6 Å². The first kappa shape index (κ1) is 15.1. The van der Waals surface area contributed by atoms with Gasteiger partial charge in [0.15, 0.2) is 11.6 Å². The summed E-state index contributed by atoms with van der Waals surface area (Å²) < 4.78 is 32.0. The molecule has 110 valence electrons. The maximum atomic E-state index is 13.6. The lowest BCUT2D eigenvalue weighted by atomic mass is 9.93. The summed E-state index contributed by atoms with van der Waals surface area (Å²) in [6.45, 7) is 3.69. The minimum absolute atomic E-state index is 0.0286. The van der Waals surface area contributed by atoms with Crippen molar-refractivity contribution in [2.24, 2.45) is 5.92 Å². The third-order valence-corrected chi connectivity index (χ3v) is 3.55. The zero-order chi connectivity index (χ0) is 14.5. The fourth-order valence-corrected chi connectivity index (χ4v) is 2.41. The average molecular weight is 283 g/mol. The highest BCUT2D eigenvalue weighted by atomic mass is 19.2. The predicted octanol–water partition coefficient (Wildman–Crippen LogP) is 2.09. The fraction of sp³-hybridized carbons (Fsp3) is 0.533. The molecule has 2 atom stereocenters. The molecule has 1 saturated heterocycles. The maximum Gasteiger partial charge on any atom is 0.162 e. The van der Waals surface area contributed by atoms with E-state index >= 15 is 0 Å². The number of halogens is 2. The van der Waals surface area contributed by atoms with Crippen LogP contribution in [0.2, 0.25) is 0 Å². The van der Waals surface area contributed by atoms with Gasteiger partial charge in [0.25, 0.3) is 0 Å². The van der Waals surface area contributed by atoms with Crippen molar-refractivity contribution < 1.29 is 18.3 Å². The van der Waals surface area contributed by atoms with E-state index in [1.54, 1.807) is 0 Å². The smallest absolute Gasteiger partial charge is 0.162 e.